The van der Waals surface area contributed by atoms with E-state index in [9.17, 15) is 9.59 Å². The Balaban J connectivity index is 1.72. The Bertz CT molecular complexity index is 1160. The summed E-state index contributed by atoms with van der Waals surface area (Å²) in [6.45, 7) is 6.23. The molecule has 1 aromatic heterocycles. The first-order chi connectivity index (χ1) is 15.4. The van der Waals surface area contributed by atoms with Crippen molar-refractivity contribution in [3.05, 3.63) is 93.4 Å². The number of hydrazone groups is 1. The summed E-state index contributed by atoms with van der Waals surface area (Å²) in [6, 6.07) is 16.4. The number of amides is 1. The van der Waals surface area contributed by atoms with Gasteiger partial charge in [0.25, 0.3) is 11.5 Å². The molecular weight excluding hydrogens is 406 g/mol. The van der Waals surface area contributed by atoms with Crippen molar-refractivity contribution in [3.63, 3.8) is 0 Å². The quantitative estimate of drug-likeness (QED) is 0.433. The van der Waals surface area contributed by atoms with Crippen LogP contribution in [0, 0.1) is 6.92 Å². The van der Waals surface area contributed by atoms with Crippen LogP contribution in [-0.4, -0.2) is 29.9 Å². The van der Waals surface area contributed by atoms with E-state index in [1.165, 1.54) is 16.8 Å². The van der Waals surface area contributed by atoms with E-state index >= 15 is 0 Å². The van der Waals surface area contributed by atoms with Crippen LogP contribution in [0.1, 0.15) is 40.9 Å². The van der Waals surface area contributed by atoms with E-state index < -0.39 is 5.91 Å². The van der Waals surface area contributed by atoms with Gasteiger partial charge in [0.15, 0.2) is 11.5 Å². The van der Waals surface area contributed by atoms with Crippen molar-refractivity contribution in [2.24, 2.45) is 5.10 Å². The van der Waals surface area contributed by atoms with Crippen molar-refractivity contribution in [3.8, 4) is 11.5 Å². The lowest BCUT2D eigenvalue weighted by atomic mass is 10.1. The predicted molar refractivity (Wildman–Crippen MR) is 125 cm³/mol. The summed E-state index contributed by atoms with van der Waals surface area (Å²) >= 11 is 0. The zero-order chi connectivity index (χ0) is 23.1. The van der Waals surface area contributed by atoms with Gasteiger partial charge in [-0.05, 0) is 62.2 Å². The first-order valence-electron chi connectivity index (χ1n) is 10.3. The van der Waals surface area contributed by atoms with Crippen LogP contribution in [-0.2, 0) is 6.54 Å². The van der Waals surface area contributed by atoms with Crippen molar-refractivity contribution in [1.82, 2.24) is 9.99 Å². The van der Waals surface area contributed by atoms with Gasteiger partial charge in [-0.1, -0.05) is 29.8 Å². The second kappa shape index (κ2) is 10.4. The molecule has 166 valence electrons. The third kappa shape index (κ3) is 5.85. The average molecular weight is 434 g/mol. The normalized spacial score (nSPS) is 11.0. The van der Waals surface area contributed by atoms with Gasteiger partial charge < -0.3 is 14.0 Å². The number of hydrogen-bond acceptors (Lipinski definition) is 5. The monoisotopic (exact) mass is 433 g/mol. The van der Waals surface area contributed by atoms with E-state index in [1.54, 1.807) is 37.6 Å². The molecule has 0 aliphatic rings. The SMILES string of the molecule is COc1ccc(/C=N\NC(=O)c2cccn(Cc3ccc(C)cc3)c2=O)cc1OC(C)C. The molecule has 0 saturated carbocycles. The van der Waals surface area contributed by atoms with Crippen LogP contribution in [0.5, 0.6) is 11.5 Å². The zero-order valence-corrected chi connectivity index (χ0v) is 18.7. The Kier molecular flexibility index (Phi) is 7.44. The Morgan fingerprint density at radius 1 is 1.12 bits per heavy atom. The van der Waals surface area contributed by atoms with Crippen molar-refractivity contribution < 1.29 is 14.3 Å². The highest BCUT2D eigenvalue weighted by Crippen LogP contribution is 2.28. The van der Waals surface area contributed by atoms with Crippen LogP contribution < -0.4 is 20.5 Å². The minimum Gasteiger partial charge on any atom is -0.493 e. The number of nitrogens with zero attached hydrogens (tertiary/aromatic N) is 2. The topological polar surface area (TPSA) is 81.9 Å². The average Bonchev–Trinajstić information content (AvgIpc) is 2.76. The summed E-state index contributed by atoms with van der Waals surface area (Å²) in [4.78, 5) is 25.3. The number of aryl methyl sites for hydroxylation is 1. The molecule has 0 bridgehead atoms. The molecule has 3 aromatic rings. The van der Waals surface area contributed by atoms with Crippen molar-refractivity contribution >= 4 is 12.1 Å². The van der Waals surface area contributed by atoms with E-state index in [4.69, 9.17) is 9.47 Å². The fourth-order valence-electron chi connectivity index (χ4n) is 3.07. The van der Waals surface area contributed by atoms with Gasteiger partial charge in [0.1, 0.15) is 5.56 Å². The largest absolute Gasteiger partial charge is 0.493 e. The second-order valence-electron chi connectivity index (χ2n) is 7.62. The Morgan fingerprint density at radius 3 is 2.56 bits per heavy atom. The lowest BCUT2D eigenvalue weighted by Crippen LogP contribution is -2.30. The molecule has 0 radical (unpaired) electrons. The van der Waals surface area contributed by atoms with E-state index in [0.29, 0.717) is 23.6 Å². The van der Waals surface area contributed by atoms with Gasteiger partial charge in [0.2, 0.25) is 0 Å². The number of rotatable bonds is 8. The van der Waals surface area contributed by atoms with E-state index in [1.807, 2.05) is 45.0 Å². The van der Waals surface area contributed by atoms with Gasteiger partial charge >= 0.3 is 0 Å². The van der Waals surface area contributed by atoms with Crippen LogP contribution in [0.2, 0.25) is 0 Å². The summed E-state index contributed by atoms with van der Waals surface area (Å²) < 4.78 is 12.5. The van der Waals surface area contributed by atoms with Gasteiger partial charge in [0.05, 0.1) is 26.0 Å². The minimum atomic E-state index is -0.573. The molecule has 0 fully saturated rings. The van der Waals surface area contributed by atoms with Gasteiger partial charge in [-0.15, -0.1) is 0 Å². The van der Waals surface area contributed by atoms with Crippen LogP contribution >= 0.6 is 0 Å². The molecule has 0 saturated heterocycles. The number of pyridine rings is 1. The molecule has 1 amide bonds. The van der Waals surface area contributed by atoms with Gasteiger partial charge in [0, 0.05) is 6.20 Å². The van der Waals surface area contributed by atoms with Crippen LogP contribution in [0.4, 0.5) is 0 Å². The van der Waals surface area contributed by atoms with Gasteiger partial charge in [-0.2, -0.15) is 5.10 Å². The summed E-state index contributed by atoms with van der Waals surface area (Å²) in [5, 5.41) is 3.99. The number of carbonyl (C=O) groups excluding carboxylic acids is 1. The molecule has 3 rings (SSSR count). The third-order valence-electron chi connectivity index (χ3n) is 4.67. The highest BCUT2D eigenvalue weighted by molar-refractivity contribution is 5.94. The second-order valence-corrected chi connectivity index (χ2v) is 7.62. The molecule has 32 heavy (non-hydrogen) atoms. The Labute approximate surface area is 187 Å². The molecule has 7 heteroatoms. The first-order valence-corrected chi connectivity index (χ1v) is 10.3. The van der Waals surface area contributed by atoms with Gasteiger partial charge in [-0.25, -0.2) is 5.43 Å². The van der Waals surface area contributed by atoms with E-state index in [2.05, 4.69) is 10.5 Å². The molecule has 0 atom stereocenters. The molecule has 1 heterocycles. The molecule has 2 aromatic carbocycles. The Morgan fingerprint density at radius 2 is 1.88 bits per heavy atom. The number of carbonyl (C=O) groups is 1. The number of methoxy groups -OCH3 is 1. The molecular formula is C25H27N3O4. The smallest absolute Gasteiger partial charge is 0.276 e. The van der Waals surface area contributed by atoms with Crippen molar-refractivity contribution in [1.29, 1.82) is 0 Å². The number of hydrogen-bond donors (Lipinski definition) is 1. The van der Waals surface area contributed by atoms with Crippen LogP contribution in [0.25, 0.3) is 0 Å². The number of nitrogens with one attached hydrogen (secondary N) is 1. The third-order valence-corrected chi connectivity index (χ3v) is 4.67. The fraction of sp³-hybridized carbons (Fsp3) is 0.240. The highest BCUT2D eigenvalue weighted by Gasteiger charge is 2.12. The van der Waals surface area contributed by atoms with Crippen LogP contribution in [0.15, 0.2) is 70.7 Å². The van der Waals surface area contributed by atoms with E-state index in [-0.39, 0.29) is 17.2 Å². The van der Waals surface area contributed by atoms with Crippen molar-refractivity contribution in [2.75, 3.05) is 7.11 Å². The van der Waals surface area contributed by atoms with Crippen LogP contribution in [0.3, 0.4) is 0 Å². The highest BCUT2D eigenvalue weighted by atomic mass is 16.5. The Hall–Kier alpha value is -3.87. The molecule has 0 spiro atoms. The van der Waals surface area contributed by atoms with Gasteiger partial charge in [-0.3, -0.25) is 9.59 Å². The van der Waals surface area contributed by atoms with Crippen molar-refractivity contribution in [2.45, 2.75) is 33.4 Å². The maximum absolute atomic E-state index is 12.8. The molecule has 0 aliphatic heterocycles. The fourth-order valence-corrected chi connectivity index (χ4v) is 3.07. The standard InChI is InChI=1S/C25H27N3O4/c1-17(2)32-23-14-20(11-12-22(23)31-4)15-26-27-24(29)21-6-5-13-28(25(21)30)16-19-9-7-18(3)8-10-19/h5-15,17H,16H2,1-4H3,(H,27,29)/b26-15-. The lowest BCUT2D eigenvalue weighted by molar-refractivity contribution is 0.0953. The minimum absolute atomic E-state index is 0.0176. The first kappa shape index (κ1) is 22.8. The summed E-state index contributed by atoms with van der Waals surface area (Å²) in [6.07, 6.45) is 3.13. The zero-order valence-electron chi connectivity index (χ0n) is 18.7. The summed E-state index contributed by atoms with van der Waals surface area (Å²) in [7, 11) is 1.57. The molecule has 0 aliphatic carbocycles. The molecule has 1 N–H and O–H groups in total. The van der Waals surface area contributed by atoms with E-state index in [0.717, 1.165) is 11.1 Å². The maximum atomic E-state index is 12.8. The summed E-state index contributed by atoms with van der Waals surface area (Å²) in [5.41, 5.74) is 4.91. The predicted octanol–water partition coefficient (Wildman–Crippen LogP) is 3.76. The summed E-state index contributed by atoms with van der Waals surface area (Å²) in [5.74, 6) is 0.620. The lowest BCUT2D eigenvalue weighted by Gasteiger charge is -2.13. The number of aromatic nitrogens is 1. The molecule has 0 unspecified atom stereocenters. The number of ether oxygens (including phenoxy) is 2. The molecule has 7 nitrogen and oxygen atoms in total. The maximum Gasteiger partial charge on any atom is 0.276 e. The number of benzene rings is 2.